The average molecular weight is 230 g/mol. The third-order valence-electron chi connectivity index (χ3n) is 3.30. The molecule has 3 heterocycles. The van der Waals surface area contributed by atoms with Crippen LogP contribution in [0.5, 0.6) is 0 Å². The SMILES string of the molecule is CN1CC[C@@H](n2cnc3cccnc3c2=O)C1. The predicted molar refractivity (Wildman–Crippen MR) is 64.9 cm³/mol. The van der Waals surface area contributed by atoms with Crippen LogP contribution in [0.2, 0.25) is 0 Å². The molecule has 1 fully saturated rings. The van der Waals surface area contributed by atoms with Gasteiger partial charge in [0, 0.05) is 12.7 Å². The summed E-state index contributed by atoms with van der Waals surface area (Å²) in [7, 11) is 2.07. The minimum absolute atomic E-state index is 0.0316. The number of nitrogens with zero attached hydrogens (tertiary/aromatic N) is 4. The minimum atomic E-state index is -0.0316. The molecule has 3 rings (SSSR count). The van der Waals surface area contributed by atoms with Crippen LogP contribution < -0.4 is 5.56 Å². The third kappa shape index (κ3) is 1.72. The molecule has 0 aliphatic carbocycles. The van der Waals surface area contributed by atoms with Gasteiger partial charge in [0.15, 0.2) is 5.52 Å². The van der Waals surface area contributed by atoms with Crippen molar-refractivity contribution >= 4 is 11.0 Å². The average Bonchev–Trinajstić information content (AvgIpc) is 2.77. The lowest BCUT2D eigenvalue weighted by Crippen LogP contribution is -2.27. The first-order valence-corrected chi connectivity index (χ1v) is 5.76. The molecule has 5 nitrogen and oxygen atoms in total. The van der Waals surface area contributed by atoms with Gasteiger partial charge in [-0.15, -0.1) is 0 Å². The highest BCUT2D eigenvalue weighted by Crippen LogP contribution is 2.18. The van der Waals surface area contributed by atoms with E-state index in [9.17, 15) is 4.79 Å². The van der Waals surface area contributed by atoms with Gasteiger partial charge in [-0.2, -0.15) is 0 Å². The summed E-state index contributed by atoms with van der Waals surface area (Å²) in [5, 5.41) is 0. The van der Waals surface area contributed by atoms with E-state index in [0.29, 0.717) is 11.0 Å². The highest BCUT2D eigenvalue weighted by Gasteiger charge is 2.22. The fourth-order valence-corrected chi connectivity index (χ4v) is 2.36. The molecule has 0 unspecified atom stereocenters. The molecular formula is C12H14N4O. The van der Waals surface area contributed by atoms with E-state index in [1.807, 2.05) is 6.07 Å². The van der Waals surface area contributed by atoms with Gasteiger partial charge in [-0.1, -0.05) is 0 Å². The molecule has 0 saturated carbocycles. The zero-order valence-electron chi connectivity index (χ0n) is 9.71. The standard InChI is InChI=1S/C12H14N4O/c1-15-6-4-9(7-15)16-8-14-10-3-2-5-13-11(10)12(16)17/h2-3,5,8-9H,4,6-7H2,1H3/t9-/m1/s1. The number of hydrogen-bond acceptors (Lipinski definition) is 4. The maximum Gasteiger partial charge on any atom is 0.280 e. The van der Waals surface area contributed by atoms with E-state index in [2.05, 4.69) is 21.9 Å². The summed E-state index contributed by atoms with van der Waals surface area (Å²) >= 11 is 0. The molecule has 0 spiro atoms. The Labute approximate surface area is 98.7 Å². The number of rotatable bonds is 1. The number of likely N-dealkylation sites (N-methyl/N-ethyl adjacent to an activating group) is 1. The van der Waals surface area contributed by atoms with Crippen molar-refractivity contribution in [2.24, 2.45) is 0 Å². The molecular weight excluding hydrogens is 216 g/mol. The van der Waals surface area contributed by atoms with Gasteiger partial charge in [-0.3, -0.25) is 9.36 Å². The van der Waals surface area contributed by atoms with Crippen molar-refractivity contribution in [2.75, 3.05) is 20.1 Å². The van der Waals surface area contributed by atoms with E-state index in [-0.39, 0.29) is 11.6 Å². The first kappa shape index (κ1) is 10.4. The van der Waals surface area contributed by atoms with Gasteiger partial charge < -0.3 is 4.90 Å². The lowest BCUT2D eigenvalue weighted by atomic mass is 10.2. The Hall–Kier alpha value is -1.75. The second kappa shape index (κ2) is 3.92. The number of hydrogen-bond donors (Lipinski definition) is 0. The molecule has 2 aromatic rings. The van der Waals surface area contributed by atoms with Gasteiger partial charge in [0.05, 0.1) is 17.9 Å². The highest BCUT2D eigenvalue weighted by molar-refractivity contribution is 5.71. The maximum absolute atomic E-state index is 12.3. The van der Waals surface area contributed by atoms with Crippen molar-refractivity contribution in [3.63, 3.8) is 0 Å². The number of fused-ring (bicyclic) bond motifs is 1. The van der Waals surface area contributed by atoms with Crippen molar-refractivity contribution in [1.29, 1.82) is 0 Å². The van der Waals surface area contributed by atoms with Crippen LogP contribution in [0.1, 0.15) is 12.5 Å². The van der Waals surface area contributed by atoms with E-state index >= 15 is 0 Å². The molecule has 1 aliphatic rings. The Bertz CT molecular complexity index is 607. The van der Waals surface area contributed by atoms with Crippen molar-refractivity contribution in [2.45, 2.75) is 12.5 Å². The zero-order valence-corrected chi connectivity index (χ0v) is 9.71. The molecule has 2 aromatic heterocycles. The van der Waals surface area contributed by atoms with Gasteiger partial charge in [-0.25, -0.2) is 9.97 Å². The first-order valence-electron chi connectivity index (χ1n) is 5.76. The Morgan fingerprint density at radius 1 is 1.41 bits per heavy atom. The molecule has 5 heteroatoms. The lowest BCUT2D eigenvalue weighted by Gasteiger charge is -2.13. The molecule has 1 saturated heterocycles. The normalized spacial score (nSPS) is 21.1. The summed E-state index contributed by atoms with van der Waals surface area (Å²) in [5.41, 5.74) is 1.10. The summed E-state index contributed by atoms with van der Waals surface area (Å²) in [6.07, 6.45) is 4.28. The van der Waals surface area contributed by atoms with Crippen LogP contribution in [0.4, 0.5) is 0 Å². The van der Waals surface area contributed by atoms with Crippen molar-refractivity contribution in [3.05, 3.63) is 35.0 Å². The van der Waals surface area contributed by atoms with E-state index < -0.39 is 0 Å². The molecule has 1 atom stereocenters. The van der Waals surface area contributed by atoms with Crippen LogP contribution in [-0.4, -0.2) is 39.6 Å². The zero-order chi connectivity index (χ0) is 11.8. The second-order valence-electron chi connectivity index (χ2n) is 4.53. The van der Waals surface area contributed by atoms with Crippen LogP contribution in [0.15, 0.2) is 29.5 Å². The van der Waals surface area contributed by atoms with E-state index in [1.54, 1.807) is 23.2 Å². The van der Waals surface area contributed by atoms with E-state index in [4.69, 9.17) is 0 Å². The Balaban J connectivity index is 2.12. The molecule has 0 aromatic carbocycles. The van der Waals surface area contributed by atoms with Gasteiger partial charge in [0.2, 0.25) is 0 Å². The monoisotopic (exact) mass is 230 g/mol. The van der Waals surface area contributed by atoms with Crippen LogP contribution in [0.3, 0.4) is 0 Å². The van der Waals surface area contributed by atoms with Gasteiger partial charge >= 0.3 is 0 Å². The summed E-state index contributed by atoms with van der Waals surface area (Å²) in [4.78, 5) is 22.9. The lowest BCUT2D eigenvalue weighted by molar-refractivity contribution is 0.389. The number of aromatic nitrogens is 3. The van der Waals surface area contributed by atoms with Gasteiger partial charge in [0.25, 0.3) is 5.56 Å². The smallest absolute Gasteiger partial charge is 0.280 e. The quantitative estimate of drug-likeness (QED) is 0.722. The van der Waals surface area contributed by atoms with Crippen molar-refractivity contribution in [3.8, 4) is 0 Å². The summed E-state index contributed by atoms with van der Waals surface area (Å²) < 4.78 is 1.72. The summed E-state index contributed by atoms with van der Waals surface area (Å²) in [5.74, 6) is 0. The number of pyridine rings is 1. The number of likely N-dealkylation sites (tertiary alicyclic amines) is 1. The Kier molecular flexibility index (Phi) is 2.40. The van der Waals surface area contributed by atoms with E-state index in [1.165, 1.54) is 0 Å². The fourth-order valence-electron chi connectivity index (χ4n) is 2.36. The van der Waals surface area contributed by atoms with Crippen LogP contribution in [0.25, 0.3) is 11.0 Å². The molecule has 17 heavy (non-hydrogen) atoms. The molecule has 0 N–H and O–H groups in total. The third-order valence-corrected chi connectivity index (χ3v) is 3.30. The fraction of sp³-hybridized carbons (Fsp3) is 0.417. The molecule has 0 bridgehead atoms. The summed E-state index contributed by atoms with van der Waals surface area (Å²) in [6, 6.07) is 3.84. The highest BCUT2D eigenvalue weighted by atomic mass is 16.1. The first-order chi connectivity index (χ1) is 8.25. The molecule has 0 radical (unpaired) electrons. The Morgan fingerprint density at radius 3 is 3.06 bits per heavy atom. The topological polar surface area (TPSA) is 51.0 Å². The van der Waals surface area contributed by atoms with Crippen molar-refractivity contribution < 1.29 is 0 Å². The predicted octanol–water partition coefficient (Wildman–Crippen LogP) is 0.668. The van der Waals surface area contributed by atoms with Crippen LogP contribution >= 0.6 is 0 Å². The molecule has 88 valence electrons. The maximum atomic E-state index is 12.3. The molecule has 0 amide bonds. The summed E-state index contributed by atoms with van der Waals surface area (Å²) in [6.45, 7) is 1.93. The van der Waals surface area contributed by atoms with Crippen LogP contribution in [0, 0.1) is 0 Å². The minimum Gasteiger partial charge on any atom is -0.304 e. The van der Waals surface area contributed by atoms with E-state index in [0.717, 1.165) is 19.5 Å². The molecule has 1 aliphatic heterocycles. The Morgan fingerprint density at radius 2 is 2.29 bits per heavy atom. The van der Waals surface area contributed by atoms with Crippen molar-refractivity contribution in [1.82, 2.24) is 19.4 Å². The largest absolute Gasteiger partial charge is 0.304 e. The van der Waals surface area contributed by atoms with Crippen LogP contribution in [-0.2, 0) is 0 Å². The van der Waals surface area contributed by atoms with Gasteiger partial charge in [-0.05, 0) is 32.1 Å². The van der Waals surface area contributed by atoms with Gasteiger partial charge in [0.1, 0.15) is 0 Å². The second-order valence-corrected chi connectivity index (χ2v) is 4.53.